The highest BCUT2D eigenvalue weighted by molar-refractivity contribution is 5.97. The van der Waals surface area contributed by atoms with Gasteiger partial charge in [-0.1, -0.05) is 6.08 Å². The summed E-state index contributed by atoms with van der Waals surface area (Å²) in [6, 6.07) is 0. The highest BCUT2D eigenvalue weighted by Crippen LogP contribution is 2.20. The summed E-state index contributed by atoms with van der Waals surface area (Å²) in [4.78, 5) is 21.6. The molecule has 0 unspecified atom stereocenters. The van der Waals surface area contributed by atoms with Gasteiger partial charge in [-0.2, -0.15) is 0 Å². The smallest absolute Gasteiger partial charge is 0.302 e. The third kappa shape index (κ3) is 3.73. The van der Waals surface area contributed by atoms with Crippen molar-refractivity contribution in [3.63, 3.8) is 0 Å². The lowest BCUT2D eigenvalue weighted by Gasteiger charge is -1.99. The maximum Gasteiger partial charge on any atom is 0.302 e. The topological polar surface area (TPSA) is 43.4 Å². The SMILES string of the molecule is CC(=O)OCCCC=C1CCCC1=O. The van der Waals surface area contributed by atoms with Crippen LogP contribution in [0.2, 0.25) is 0 Å². The second-order valence-corrected chi connectivity index (χ2v) is 3.49. The van der Waals surface area contributed by atoms with Gasteiger partial charge in [0.2, 0.25) is 0 Å². The van der Waals surface area contributed by atoms with E-state index < -0.39 is 0 Å². The molecular weight excluding hydrogens is 180 g/mol. The summed E-state index contributed by atoms with van der Waals surface area (Å²) in [6.07, 6.45) is 6.24. The van der Waals surface area contributed by atoms with Gasteiger partial charge in [0.15, 0.2) is 5.78 Å². The molecule has 1 fully saturated rings. The predicted octanol–water partition coefficient (Wildman–Crippen LogP) is 2.01. The van der Waals surface area contributed by atoms with E-state index in [2.05, 4.69) is 0 Å². The molecule has 0 bridgehead atoms. The summed E-state index contributed by atoms with van der Waals surface area (Å²) in [6.45, 7) is 1.85. The molecule has 0 radical (unpaired) electrons. The van der Waals surface area contributed by atoms with Crippen LogP contribution >= 0.6 is 0 Å². The number of esters is 1. The fourth-order valence-corrected chi connectivity index (χ4v) is 1.53. The van der Waals surface area contributed by atoms with Crippen LogP contribution in [0.5, 0.6) is 0 Å². The Morgan fingerprint density at radius 3 is 2.86 bits per heavy atom. The van der Waals surface area contributed by atoms with Gasteiger partial charge in [-0.05, 0) is 31.3 Å². The van der Waals surface area contributed by atoms with Gasteiger partial charge in [0.05, 0.1) is 6.61 Å². The van der Waals surface area contributed by atoms with Crippen molar-refractivity contribution in [2.75, 3.05) is 6.61 Å². The van der Waals surface area contributed by atoms with Crippen molar-refractivity contribution in [2.24, 2.45) is 0 Å². The zero-order valence-electron chi connectivity index (χ0n) is 8.54. The van der Waals surface area contributed by atoms with Crippen LogP contribution in [0.1, 0.15) is 39.0 Å². The highest BCUT2D eigenvalue weighted by atomic mass is 16.5. The maximum atomic E-state index is 11.2. The lowest BCUT2D eigenvalue weighted by Crippen LogP contribution is -2.00. The zero-order valence-corrected chi connectivity index (χ0v) is 8.54. The fraction of sp³-hybridized carbons (Fsp3) is 0.636. The largest absolute Gasteiger partial charge is 0.466 e. The Morgan fingerprint density at radius 2 is 2.29 bits per heavy atom. The quantitative estimate of drug-likeness (QED) is 0.392. The number of ketones is 1. The molecule has 1 rings (SSSR count). The molecule has 0 spiro atoms. The molecule has 0 aromatic rings. The highest BCUT2D eigenvalue weighted by Gasteiger charge is 2.15. The number of carbonyl (C=O) groups is 2. The van der Waals surface area contributed by atoms with E-state index in [-0.39, 0.29) is 11.8 Å². The van der Waals surface area contributed by atoms with Gasteiger partial charge in [-0.3, -0.25) is 9.59 Å². The monoisotopic (exact) mass is 196 g/mol. The average Bonchev–Trinajstić information content (AvgIpc) is 2.51. The molecule has 0 atom stereocenters. The van der Waals surface area contributed by atoms with Crippen molar-refractivity contribution in [3.8, 4) is 0 Å². The van der Waals surface area contributed by atoms with Crippen LogP contribution in [0, 0.1) is 0 Å². The Bertz CT molecular complexity index is 253. The van der Waals surface area contributed by atoms with Crippen LogP contribution < -0.4 is 0 Å². The second-order valence-electron chi connectivity index (χ2n) is 3.49. The Balaban J connectivity index is 2.13. The van der Waals surface area contributed by atoms with E-state index in [0.717, 1.165) is 31.3 Å². The Labute approximate surface area is 84.1 Å². The van der Waals surface area contributed by atoms with Gasteiger partial charge in [0, 0.05) is 13.3 Å². The van der Waals surface area contributed by atoms with Crippen molar-refractivity contribution in [3.05, 3.63) is 11.6 Å². The maximum absolute atomic E-state index is 11.2. The molecular formula is C11H16O3. The van der Waals surface area contributed by atoms with Crippen LogP contribution in [-0.2, 0) is 14.3 Å². The molecule has 0 heterocycles. The van der Waals surface area contributed by atoms with Crippen LogP contribution in [0.25, 0.3) is 0 Å². The molecule has 3 nitrogen and oxygen atoms in total. The van der Waals surface area contributed by atoms with Gasteiger partial charge in [0.1, 0.15) is 0 Å². The summed E-state index contributed by atoms with van der Waals surface area (Å²) in [7, 11) is 0. The predicted molar refractivity (Wildman–Crippen MR) is 52.8 cm³/mol. The van der Waals surface area contributed by atoms with Gasteiger partial charge in [0.25, 0.3) is 0 Å². The van der Waals surface area contributed by atoms with Crippen molar-refractivity contribution in [1.82, 2.24) is 0 Å². The molecule has 0 aromatic carbocycles. The van der Waals surface area contributed by atoms with Gasteiger partial charge < -0.3 is 4.74 Å². The first-order valence-electron chi connectivity index (χ1n) is 5.06. The molecule has 3 heteroatoms. The minimum atomic E-state index is -0.241. The number of allylic oxidation sites excluding steroid dienone is 2. The van der Waals surface area contributed by atoms with Crippen molar-refractivity contribution >= 4 is 11.8 Å². The minimum absolute atomic E-state index is 0.241. The third-order valence-electron chi connectivity index (χ3n) is 2.25. The van der Waals surface area contributed by atoms with Gasteiger partial charge in [-0.25, -0.2) is 0 Å². The van der Waals surface area contributed by atoms with Gasteiger partial charge in [-0.15, -0.1) is 0 Å². The number of hydrogen-bond acceptors (Lipinski definition) is 3. The number of Topliss-reactive ketones (excluding diaryl/α,β-unsaturated/α-hetero) is 1. The van der Waals surface area contributed by atoms with Crippen molar-refractivity contribution in [2.45, 2.75) is 39.0 Å². The van der Waals surface area contributed by atoms with E-state index in [1.54, 1.807) is 0 Å². The van der Waals surface area contributed by atoms with E-state index in [0.29, 0.717) is 13.0 Å². The molecule has 1 aliphatic carbocycles. The normalized spacial score (nSPS) is 18.9. The summed E-state index contributed by atoms with van der Waals surface area (Å²) >= 11 is 0. The summed E-state index contributed by atoms with van der Waals surface area (Å²) in [5.41, 5.74) is 0.966. The van der Waals surface area contributed by atoms with Crippen molar-refractivity contribution in [1.29, 1.82) is 0 Å². The number of hydrogen-bond donors (Lipinski definition) is 0. The molecule has 0 aliphatic heterocycles. The molecule has 0 saturated heterocycles. The number of ether oxygens (including phenoxy) is 1. The molecule has 0 N–H and O–H groups in total. The zero-order chi connectivity index (χ0) is 10.4. The van der Waals surface area contributed by atoms with E-state index in [9.17, 15) is 9.59 Å². The molecule has 78 valence electrons. The molecule has 0 amide bonds. The summed E-state index contributed by atoms with van der Waals surface area (Å²) in [5, 5.41) is 0. The minimum Gasteiger partial charge on any atom is -0.466 e. The number of rotatable bonds is 4. The van der Waals surface area contributed by atoms with Crippen molar-refractivity contribution < 1.29 is 14.3 Å². The first-order valence-corrected chi connectivity index (χ1v) is 5.06. The van der Waals surface area contributed by atoms with E-state index >= 15 is 0 Å². The fourth-order valence-electron chi connectivity index (χ4n) is 1.53. The van der Waals surface area contributed by atoms with E-state index in [1.807, 2.05) is 6.08 Å². The number of carbonyl (C=O) groups excluding carboxylic acids is 2. The first kappa shape index (κ1) is 11.0. The third-order valence-corrected chi connectivity index (χ3v) is 2.25. The molecule has 1 saturated carbocycles. The Hall–Kier alpha value is -1.12. The first-order chi connectivity index (χ1) is 6.70. The second kappa shape index (κ2) is 5.58. The summed E-state index contributed by atoms with van der Waals surface area (Å²) < 4.78 is 4.78. The van der Waals surface area contributed by atoms with Crippen LogP contribution in [0.3, 0.4) is 0 Å². The van der Waals surface area contributed by atoms with Crippen LogP contribution in [0.4, 0.5) is 0 Å². The molecule has 0 aromatic heterocycles. The summed E-state index contributed by atoms with van der Waals surface area (Å²) in [5.74, 6) is 0.0482. The standard InChI is InChI=1S/C11H16O3/c1-9(12)14-8-3-2-5-10-6-4-7-11(10)13/h5H,2-4,6-8H2,1H3. The lowest BCUT2D eigenvalue weighted by molar-refractivity contribution is -0.141. The van der Waals surface area contributed by atoms with Crippen LogP contribution in [-0.4, -0.2) is 18.4 Å². The Morgan fingerprint density at radius 1 is 1.50 bits per heavy atom. The Kier molecular flexibility index (Phi) is 4.36. The molecule has 1 aliphatic rings. The van der Waals surface area contributed by atoms with Gasteiger partial charge >= 0.3 is 5.97 Å². The number of unbranched alkanes of at least 4 members (excludes halogenated alkanes) is 1. The average molecular weight is 196 g/mol. The lowest BCUT2D eigenvalue weighted by atomic mass is 10.1. The van der Waals surface area contributed by atoms with Crippen LogP contribution in [0.15, 0.2) is 11.6 Å². The van der Waals surface area contributed by atoms with E-state index in [4.69, 9.17) is 4.74 Å². The molecule has 14 heavy (non-hydrogen) atoms. The van der Waals surface area contributed by atoms with E-state index in [1.165, 1.54) is 6.92 Å².